The molecule has 4 aromatic rings. The summed E-state index contributed by atoms with van der Waals surface area (Å²) in [7, 11) is 1.65. The summed E-state index contributed by atoms with van der Waals surface area (Å²) in [6.07, 6.45) is 3.47. The van der Waals surface area contributed by atoms with E-state index in [0.29, 0.717) is 23.6 Å². The van der Waals surface area contributed by atoms with Gasteiger partial charge in [-0.3, -0.25) is 4.79 Å². The first-order chi connectivity index (χ1) is 15.6. The number of ether oxygens (including phenoxy) is 1. The number of methoxy groups -OCH3 is 1. The average molecular weight is 428 g/mol. The van der Waals surface area contributed by atoms with E-state index in [4.69, 9.17) is 4.74 Å². The van der Waals surface area contributed by atoms with Crippen LogP contribution in [0.15, 0.2) is 73.1 Å². The number of para-hydroxylation sites is 1. The van der Waals surface area contributed by atoms with Crippen LogP contribution in [0.2, 0.25) is 0 Å². The third-order valence-corrected chi connectivity index (χ3v) is 4.80. The predicted octanol–water partition coefficient (Wildman–Crippen LogP) is 3.71. The van der Waals surface area contributed by atoms with E-state index in [2.05, 4.69) is 32.0 Å². The van der Waals surface area contributed by atoms with Gasteiger partial charge in [0, 0.05) is 11.9 Å². The third kappa shape index (κ3) is 5.28. The number of carbonyl (C=O) groups excluding carboxylic acids is 1. The van der Waals surface area contributed by atoms with Crippen molar-refractivity contribution in [2.75, 3.05) is 12.4 Å². The molecule has 0 bridgehead atoms. The average Bonchev–Trinajstić information content (AvgIpc) is 3.25. The Bertz CT molecular complexity index is 1210. The topological polar surface area (TPSA) is 94.0 Å². The van der Waals surface area contributed by atoms with Gasteiger partial charge in [-0.25, -0.2) is 9.67 Å². The zero-order chi connectivity index (χ0) is 22.3. The number of benzene rings is 2. The number of hydrogen-bond donors (Lipinski definition) is 2. The molecular weight excluding hydrogens is 404 g/mol. The molecule has 8 heteroatoms. The number of aryl methyl sites for hydroxylation is 1. The van der Waals surface area contributed by atoms with E-state index in [0.717, 1.165) is 22.6 Å². The van der Waals surface area contributed by atoms with Crippen molar-refractivity contribution in [2.24, 2.45) is 0 Å². The SMILES string of the molecule is COc1cc(C)cc(Cn2cc(CNC(=O)c3cccnc3Nc3ccccc3)nn2)c1. The van der Waals surface area contributed by atoms with Crippen LogP contribution in [0.25, 0.3) is 0 Å². The van der Waals surface area contributed by atoms with Crippen molar-refractivity contribution in [3.05, 3.63) is 95.4 Å². The number of anilines is 2. The van der Waals surface area contributed by atoms with Crippen LogP contribution in [0.3, 0.4) is 0 Å². The fourth-order valence-corrected chi connectivity index (χ4v) is 3.33. The predicted molar refractivity (Wildman–Crippen MR) is 122 cm³/mol. The molecule has 4 rings (SSSR count). The summed E-state index contributed by atoms with van der Waals surface area (Å²) in [4.78, 5) is 17.1. The Morgan fingerprint density at radius 2 is 1.94 bits per heavy atom. The van der Waals surface area contributed by atoms with E-state index in [1.807, 2.05) is 55.6 Å². The Labute approximate surface area is 186 Å². The third-order valence-electron chi connectivity index (χ3n) is 4.80. The van der Waals surface area contributed by atoms with Crippen LogP contribution >= 0.6 is 0 Å². The molecule has 0 aliphatic rings. The standard InChI is InChI=1S/C24H24N6O2/c1-17-11-18(13-21(12-17)32-2)15-30-16-20(28-29-30)14-26-24(31)22-9-6-10-25-23(22)27-19-7-4-3-5-8-19/h3-13,16H,14-15H2,1-2H3,(H,25,27)(H,26,31). The number of aromatic nitrogens is 4. The second-order valence-corrected chi connectivity index (χ2v) is 7.34. The van der Waals surface area contributed by atoms with Gasteiger partial charge in [-0.15, -0.1) is 5.10 Å². The van der Waals surface area contributed by atoms with Crippen molar-refractivity contribution >= 4 is 17.4 Å². The quantitative estimate of drug-likeness (QED) is 0.444. The Morgan fingerprint density at radius 1 is 1.09 bits per heavy atom. The van der Waals surface area contributed by atoms with Crippen molar-refractivity contribution < 1.29 is 9.53 Å². The maximum absolute atomic E-state index is 12.8. The molecule has 2 aromatic carbocycles. The molecule has 2 aromatic heterocycles. The van der Waals surface area contributed by atoms with Gasteiger partial charge >= 0.3 is 0 Å². The van der Waals surface area contributed by atoms with Crippen LogP contribution in [-0.4, -0.2) is 33.0 Å². The van der Waals surface area contributed by atoms with Crippen LogP contribution in [0.4, 0.5) is 11.5 Å². The highest BCUT2D eigenvalue weighted by atomic mass is 16.5. The summed E-state index contributed by atoms with van der Waals surface area (Å²) >= 11 is 0. The van der Waals surface area contributed by atoms with E-state index in [1.165, 1.54) is 0 Å². The van der Waals surface area contributed by atoms with Crippen LogP contribution in [0, 0.1) is 6.92 Å². The highest BCUT2D eigenvalue weighted by molar-refractivity contribution is 5.99. The molecule has 8 nitrogen and oxygen atoms in total. The molecule has 0 aliphatic carbocycles. The van der Waals surface area contributed by atoms with Gasteiger partial charge in [0.2, 0.25) is 0 Å². The molecule has 0 atom stereocenters. The lowest BCUT2D eigenvalue weighted by Gasteiger charge is -2.10. The molecule has 162 valence electrons. The van der Waals surface area contributed by atoms with Gasteiger partial charge in [0.1, 0.15) is 17.3 Å². The Morgan fingerprint density at radius 3 is 2.75 bits per heavy atom. The monoisotopic (exact) mass is 428 g/mol. The number of rotatable bonds is 8. The molecule has 2 N–H and O–H groups in total. The van der Waals surface area contributed by atoms with Gasteiger partial charge in [0.05, 0.1) is 32.0 Å². The summed E-state index contributed by atoms with van der Waals surface area (Å²) in [5.41, 5.74) is 4.16. The number of carbonyl (C=O) groups is 1. The van der Waals surface area contributed by atoms with Gasteiger partial charge in [-0.2, -0.15) is 0 Å². The highest BCUT2D eigenvalue weighted by Crippen LogP contribution is 2.19. The molecule has 0 fully saturated rings. The highest BCUT2D eigenvalue weighted by Gasteiger charge is 2.13. The maximum Gasteiger partial charge on any atom is 0.255 e. The van der Waals surface area contributed by atoms with Gasteiger partial charge in [-0.1, -0.05) is 29.5 Å². The molecule has 0 saturated heterocycles. The molecule has 32 heavy (non-hydrogen) atoms. The first-order valence-corrected chi connectivity index (χ1v) is 10.2. The number of nitrogens with zero attached hydrogens (tertiary/aromatic N) is 4. The van der Waals surface area contributed by atoms with Crippen molar-refractivity contribution in [1.82, 2.24) is 25.3 Å². The minimum absolute atomic E-state index is 0.241. The Kier molecular flexibility index (Phi) is 6.41. The number of pyridine rings is 1. The molecule has 0 unspecified atom stereocenters. The van der Waals surface area contributed by atoms with E-state index in [-0.39, 0.29) is 12.5 Å². The van der Waals surface area contributed by atoms with Crippen LogP contribution in [0.5, 0.6) is 5.75 Å². The zero-order valence-electron chi connectivity index (χ0n) is 17.9. The maximum atomic E-state index is 12.8. The van der Waals surface area contributed by atoms with Crippen molar-refractivity contribution in [3.63, 3.8) is 0 Å². The summed E-state index contributed by atoms with van der Waals surface area (Å²) in [6, 6.07) is 19.1. The number of amides is 1. The van der Waals surface area contributed by atoms with Gasteiger partial charge in [-0.05, 0) is 54.4 Å². The Hall–Kier alpha value is -4.20. The second-order valence-electron chi connectivity index (χ2n) is 7.34. The van der Waals surface area contributed by atoms with Crippen molar-refractivity contribution in [3.8, 4) is 5.75 Å². The van der Waals surface area contributed by atoms with Crippen LogP contribution in [0.1, 0.15) is 27.2 Å². The lowest BCUT2D eigenvalue weighted by Crippen LogP contribution is -2.24. The van der Waals surface area contributed by atoms with Gasteiger partial charge in [0.25, 0.3) is 5.91 Å². The molecule has 1 amide bonds. The van der Waals surface area contributed by atoms with Gasteiger partial charge in [0.15, 0.2) is 0 Å². The largest absolute Gasteiger partial charge is 0.497 e. The number of nitrogens with one attached hydrogen (secondary N) is 2. The van der Waals surface area contributed by atoms with Crippen LogP contribution in [-0.2, 0) is 13.1 Å². The summed E-state index contributed by atoms with van der Waals surface area (Å²) < 4.78 is 7.07. The van der Waals surface area contributed by atoms with Crippen molar-refractivity contribution in [1.29, 1.82) is 0 Å². The minimum Gasteiger partial charge on any atom is -0.497 e. The first-order valence-electron chi connectivity index (χ1n) is 10.2. The lowest BCUT2D eigenvalue weighted by molar-refractivity contribution is 0.0951. The molecule has 0 saturated carbocycles. The molecular formula is C24H24N6O2. The van der Waals surface area contributed by atoms with E-state index >= 15 is 0 Å². The molecule has 0 radical (unpaired) electrons. The fourth-order valence-electron chi connectivity index (χ4n) is 3.33. The Balaban J connectivity index is 1.39. The fraction of sp³-hybridized carbons (Fsp3) is 0.167. The normalized spacial score (nSPS) is 10.6. The molecule has 0 spiro atoms. The smallest absolute Gasteiger partial charge is 0.255 e. The first kappa shape index (κ1) is 21.0. The summed E-state index contributed by atoms with van der Waals surface area (Å²) in [6.45, 7) is 2.84. The summed E-state index contributed by atoms with van der Waals surface area (Å²) in [5.74, 6) is 1.06. The van der Waals surface area contributed by atoms with Crippen LogP contribution < -0.4 is 15.4 Å². The minimum atomic E-state index is -0.241. The summed E-state index contributed by atoms with van der Waals surface area (Å²) in [5, 5.41) is 14.4. The lowest BCUT2D eigenvalue weighted by atomic mass is 10.1. The van der Waals surface area contributed by atoms with Gasteiger partial charge < -0.3 is 15.4 Å². The van der Waals surface area contributed by atoms with Crippen molar-refractivity contribution in [2.45, 2.75) is 20.0 Å². The number of hydrogen-bond acceptors (Lipinski definition) is 6. The molecule has 0 aliphatic heterocycles. The van der Waals surface area contributed by atoms with E-state index in [1.54, 1.807) is 30.1 Å². The van der Waals surface area contributed by atoms with E-state index < -0.39 is 0 Å². The van der Waals surface area contributed by atoms with E-state index in [9.17, 15) is 4.79 Å². The second kappa shape index (κ2) is 9.74. The molecule has 2 heterocycles. The zero-order valence-corrected chi connectivity index (χ0v) is 17.9.